The maximum Gasteiger partial charge on any atom is 0.270 e. The molecule has 6 heteroatoms. The van der Waals surface area contributed by atoms with E-state index < -0.39 is 0 Å². The first-order valence-corrected chi connectivity index (χ1v) is 7.83. The first-order chi connectivity index (χ1) is 11.2. The van der Waals surface area contributed by atoms with E-state index in [0.717, 1.165) is 25.9 Å². The van der Waals surface area contributed by atoms with Crippen LogP contribution in [0.25, 0.3) is 0 Å². The molecule has 1 aromatic heterocycles. The van der Waals surface area contributed by atoms with Gasteiger partial charge in [-0.1, -0.05) is 18.2 Å². The van der Waals surface area contributed by atoms with Crippen LogP contribution in [0.2, 0.25) is 0 Å². The molecule has 1 N–H and O–H groups in total. The van der Waals surface area contributed by atoms with E-state index in [1.54, 1.807) is 30.5 Å². The molecule has 1 fully saturated rings. The molecule has 2 aromatic rings. The highest BCUT2D eigenvalue weighted by Crippen LogP contribution is 2.15. The van der Waals surface area contributed by atoms with Gasteiger partial charge in [0.2, 0.25) is 5.95 Å². The Hall–Kier alpha value is -2.50. The predicted octanol–water partition coefficient (Wildman–Crippen LogP) is 2.19. The monoisotopic (exact) mass is 314 g/mol. The van der Waals surface area contributed by atoms with E-state index in [1.807, 2.05) is 0 Å². The second-order valence-electron chi connectivity index (χ2n) is 5.53. The summed E-state index contributed by atoms with van der Waals surface area (Å²) < 4.78 is 13.5. The summed E-state index contributed by atoms with van der Waals surface area (Å²) in [6, 6.07) is 8.17. The highest BCUT2D eigenvalue weighted by Gasteiger charge is 2.16. The molecule has 0 atom stereocenters. The lowest BCUT2D eigenvalue weighted by Gasteiger charge is -2.15. The maximum absolute atomic E-state index is 13.5. The first kappa shape index (κ1) is 15.4. The second-order valence-corrected chi connectivity index (χ2v) is 5.53. The molecule has 1 aliphatic rings. The zero-order valence-electron chi connectivity index (χ0n) is 12.8. The van der Waals surface area contributed by atoms with Crippen molar-refractivity contribution in [2.75, 3.05) is 24.5 Å². The average molecular weight is 314 g/mol. The fourth-order valence-electron chi connectivity index (χ4n) is 2.65. The summed E-state index contributed by atoms with van der Waals surface area (Å²) in [6.45, 7) is 2.22. The largest absolute Gasteiger partial charge is 0.350 e. The van der Waals surface area contributed by atoms with Crippen LogP contribution in [0.5, 0.6) is 0 Å². The van der Waals surface area contributed by atoms with E-state index in [0.29, 0.717) is 30.2 Å². The van der Waals surface area contributed by atoms with Crippen LogP contribution in [0.4, 0.5) is 10.3 Å². The summed E-state index contributed by atoms with van der Waals surface area (Å²) in [5, 5.41) is 2.78. The maximum atomic E-state index is 13.5. The molecule has 1 amide bonds. The van der Waals surface area contributed by atoms with Crippen LogP contribution in [-0.2, 0) is 6.42 Å². The third kappa shape index (κ3) is 3.83. The van der Waals surface area contributed by atoms with E-state index in [4.69, 9.17) is 0 Å². The first-order valence-electron chi connectivity index (χ1n) is 7.83. The number of hydrogen-bond donors (Lipinski definition) is 1. The normalized spacial score (nSPS) is 14.0. The molecule has 0 radical (unpaired) electrons. The topological polar surface area (TPSA) is 58.1 Å². The van der Waals surface area contributed by atoms with Gasteiger partial charge < -0.3 is 10.2 Å². The number of rotatable bonds is 5. The molecular formula is C17H19FN4O. The van der Waals surface area contributed by atoms with Gasteiger partial charge >= 0.3 is 0 Å². The van der Waals surface area contributed by atoms with E-state index >= 15 is 0 Å². The second kappa shape index (κ2) is 7.17. The Morgan fingerprint density at radius 1 is 1.22 bits per heavy atom. The summed E-state index contributed by atoms with van der Waals surface area (Å²) in [4.78, 5) is 22.8. The quantitative estimate of drug-likeness (QED) is 0.919. The minimum Gasteiger partial charge on any atom is -0.350 e. The molecule has 5 nitrogen and oxygen atoms in total. The van der Waals surface area contributed by atoms with Crippen molar-refractivity contribution >= 4 is 11.9 Å². The number of hydrogen-bond acceptors (Lipinski definition) is 4. The van der Waals surface area contributed by atoms with Crippen molar-refractivity contribution in [3.63, 3.8) is 0 Å². The van der Waals surface area contributed by atoms with Gasteiger partial charge in [-0.05, 0) is 37.0 Å². The number of carbonyl (C=O) groups excluding carboxylic acids is 1. The van der Waals surface area contributed by atoms with Crippen molar-refractivity contribution in [2.24, 2.45) is 0 Å². The van der Waals surface area contributed by atoms with E-state index in [1.165, 1.54) is 6.07 Å². The Morgan fingerprint density at radius 2 is 2.00 bits per heavy atom. The molecule has 0 unspecified atom stereocenters. The predicted molar refractivity (Wildman–Crippen MR) is 85.9 cm³/mol. The zero-order valence-corrected chi connectivity index (χ0v) is 12.8. The van der Waals surface area contributed by atoms with Gasteiger partial charge in [-0.15, -0.1) is 0 Å². The number of nitrogens with one attached hydrogen (secondary N) is 1. The fourth-order valence-corrected chi connectivity index (χ4v) is 2.65. The SMILES string of the molecule is O=C(NCCc1ccccc1F)c1ccnc(N2CCCC2)n1. The summed E-state index contributed by atoms with van der Waals surface area (Å²) in [5.74, 6) is 0.0912. The Balaban J connectivity index is 1.58. The van der Waals surface area contributed by atoms with Crippen LogP contribution in [0.1, 0.15) is 28.9 Å². The minimum absolute atomic E-state index is 0.250. The standard InChI is InChI=1S/C17H19FN4O/c18-14-6-2-1-5-13(14)7-9-19-16(23)15-8-10-20-17(21-15)22-11-3-4-12-22/h1-2,5-6,8,10H,3-4,7,9,11-12H2,(H,19,23). The highest BCUT2D eigenvalue weighted by atomic mass is 19.1. The molecule has 0 spiro atoms. The molecule has 3 rings (SSSR count). The van der Waals surface area contributed by atoms with Gasteiger partial charge in [0, 0.05) is 25.8 Å². The van der Waals surface area contributed by atoms with Crippen molar-refractivity contribution in [2.45, 2.75) is 19.3 Å². The Bertz CT molecular complexity index is 686. The van der Waals surface area contributed by atoms with Gasteiger partial charge in [-0.3, -0.25) is 4.79 Å². The Morgan fingerprint density at radius 3 is 2.78 bits per heavy atom. The lowest BCUT2D eigenvalue weighted by Crippen LogP contribution is -2.28. The summed E-state index contributed by atoms with van der Waals surface area (Å²) in [7, 11) is 0. The van der Waals surface area contributed by atoms with Crippen LogP contribution in [0.3, 0.4) is 0 Å². The lowest BCUT2D eigenvalue weighted by atomic mass is 10.1. The molecule has 0 bridgehead atoms. The van der Waals surface area contributed by atoms with Gasteiger partial charge in [0.1, 0.15) is 11.5 Å². The number of benzene rings is 1. The summed E-state index contributed by atoms with van der Waals surface area (Å²) in [5.41, 5.74) is 0.934. The van der Waals surface area contributed by atoms with Crippen molar-refractivity contribution in [1.82, 2.24) is 15.3 Å². The molecule has 0 saturated carbocycles. The van der Waals surface area contributed by atoms with Crippen LogP contribution in [-0.4, -0.2) is 35.5 Å². The smallest absolute Gasteiger partial charge is 0.270 e. The average Bonchev–Trinajstić information content (AvgIpc) is 3.11. The number of nitrogens with zero attached hydrogens (tertiary/aromatic N) is 3. The van der Waals surface area contributed by atoms with E-state index in [9.17, 15) is 9.18 Å². The molecule has 2 heterocycles. The summed E-state index contributed by atoms with van der Waals surface area (Å²) in [6.07, 6.45) is 4.31. The molecule has 1 aliphatic heterocycles. The fraction of sp³-hybridized carbons (Fsp3) is 0.353. The van der Waals surface area contributed by atoms with Crippen molar-refractivity contribution < 1.29 is 9.18 Å². The van der Waals surface area contributed by atoms with Crippen LogP contribution in [0.15, 0.2) is 36.5 Å². The number of anilines is 1. The summed E-state index contributed by atoms with van der Waals surface area (Å²) >= 11 is 0. The number of carbonyl (C=O) groups is 1. The van der Waals surface area contributed by atoms with E-state index in [2.05, 4.69) is 20.2 Å². The van der Waals surface area contributed by atoms with Crippen LogP contribution < -0.4 is 10.2 Å². The number of amides is 1. The number of aromatic nitrogens is 2. The van der Waals surface area contributed by atoms with Crippen molar-refractivity contribution in [1.29, 1.82) is 0 Å². The molecule has 23 heavy (non-hydrogen) atoms. The lowest BCUT2D eigenvalue weighted by molar-refractivity contribution is 0.0949. The van der Waals surface area contributed by atoms with Crippen molar-refractivity contribution in [3.8, 4) is 0 Å². The highest BCUT2D eigenvalue weighted by molar-refractivity contribution is 5.92. The van der Waals surface area contributed by atoms with Crippen molar-refractivity contribution in [3.05, 3.63) is 53.6 Å². The van der Waals surface area contributed by atoms with Crippen LogP contribution in [0, 0.1) is 5.82 Å². The van der Waals surface area contributed by atoms with Gasteiger partial charge in [0.15, 0.2) is 0 Å². The van der Waals surface area contributed by atoms with Gasteiger partial charge in [-0.25, -0.2) is 14.4 Å². The zero-order chi connectivity index (χ0) is 16.1. The number of halogens is 1. The van der Waals surface area contributed by atoms with Gasteiger partial charge in [0.25, 0.3) is 5.91 Å². The van der Waals surface area contributed by atoms with Gasteiger partial charge in [-0.2, -0.15) is 0 Å². The Labute approximate surface area is 134 Å². The Kier molecular flexibility index (Phi) is 4.80. The molecule has 1 saturated heterocycles. The third-order valence-corrected chi connectivity index (χ3v) is 3.90. The van der Waals surface area contributed by atoms with E-state index in [-0.39, 0.29) is 11.7 Å². The minimum atomic E-state index is -0.260. The molecular weight excluding hydrogens is 295 g/mol. The molecule has 120 valence electrons. The third-order valence-electron chi connectivity index (χ3n) is 3.90. The van der Waals surface area contributed by atoms with Crippen LogP contribution >= 0.6 is 0 Å². The molecule has 0 aliphatic carbocycles. The molecule has 1 aromatic carbocycles. The van der Waals surface area contributed by atoms with Gasteiger partial charge in [0.05, 0.1) is 0 Å².